The van der Waals surface area contributed by atoms with Crippen molar-refractivity contribution in [3.63, 3.8) is 0 Å². The van der Waals surface area contributed by atoms with Crippen LogP contribution in [0.3, 0.4) is 0 Å². The lowest BCUT2D eigenvalue weighted by atomic mass is 9.86. The van der Waals surface area contributed by atoms with E-state index in [1.165, 1.54) is 12.4 Å². The number of H-pyrrole nitrogens is 1. The molecule has 9 nitrogen and oxygen atoms in total. The summed E-state index contributed by atoms with van der Waals surface area (Å²) in [5.74, 6) is 0.928. The number of nitrogens with one attached hydrogen (secondary N) is 2. The Kier molecular flexibility index (Phi) is 4.34. The van der Waals surface area contributed by atoms with Crippen molar-refractivity contribution < 1.29 is 17.7 Å². The highest BCUT2D eigenvalue weighted by Gasteiger charge is 2.34. The highest BCUT2D eigenvalue weighted by Crippen LogP contribution is 2.35. The first-order valence-corrected chi connectivity index (χ1v) is 7.51. The summed E-state index contributed by atoms with van der Waals surface area (Å²) < 4.78 is 43.1. The Bertz CT molecular complexity index is 852. The van der Waals surface area contributed by atoms with Crippen LogP contribution in [0.5, 0.6) is 0 Å². The molecule has 0 aliphatic carbocycles. The van der Waals surface area contributed by atoms with Crippen LogP contribution in [0.25, 0.3) is 11.6 Å². The van der Waals surface area contributed by atoms with Crippen LogP contribution in [0.2, 0.25) is 0 Å². The van der Waals surface area contributed by atoms with Crippen molar-refractivity contribution in [3.8, 4) is 11.6 Å². The molecule has 2 N–H and O–H groups in total. The van der Waals surface area contributed by atoms with E-state index in [9.17, 15) is 13.2 Å². The minimum Gasteiger partial charge on any atom is -0.356 e. The number of rotatable bonds is 4. The smallest absolute Gasteiger partial charge is 0.356 e. The number of anilines is 1. The summed E-state index contributed by atoms with van der Waals surface area (Å²) in [6, 6.07) is 1.52. The van der Waals surface area contributed by atoms with Crippen LogP contribution in [0.1, 0.15) is 38.4 Å². The molecular formula is C14H15F3N8O. The number of halogens is 3. The molecule has 0 spiro atoms. The molecule has 1 atom stereocenters. The Morgan fingerprint density at radius 2 is 1.92 bits per heavy atom. The van der Waals surface area contributed by atoms with Crippen LogP contribution in [-0.4, -0.2) is 35.5 Å². The van der Waals surface area contributed by atoms with Crippen molar-refractivity contribution in [2.24, 2.45) is 5.41 Å². The van der Waals surface area contributed by atoms with Gasteiger partial charge in [0.2, 0.25) is 11.7 Å². The predicted octanol–water partition coefficient (Wildman–Crippen LogP) is 2.86. The molecule has 1 unspecified atom stereocenters. The van der Waals surface area contributed by atoms with E-state index in [1.807, 2.05) is 20.8 Å². The van der Waals surface area contributed by atoms with Crippen molar-refractivity contribution in [2.45, 2.75) is 33.0 Å². The molecule has 3 aromatic heterocycles. The van der Waals surface area contributed by atoms with E-state index in [2.05, 4.69) is 40.8 Å². The summed E-state index contributed by atoms with van der Waals surface area (Å²) in [7, 11) is 0. The average Bonchev–Trinajstić information content (AvgIpc) is 3.22. The van der Waals surface area contributed by atoms with Gasteiger partial charge < -0.3 is 9.84 Å². The fourth-order valence-corrected chi connectivity index (χ4v) is 2.12. The van der Waals surface area contributed by atoms with E-state index in [-0.39, 0.29) is 17.5 Å². The molecule has 138 valence electrons. The van der Waals surface area contributed by atoms with Crippen molar-refractivity contribution in [2.75, 3.05) is 5.32 Å². The van der Waals surface area contributed by atoms with Gasteiger partial charge in [0, 0.05) is 0 Å². The van der Waals surface area contributed by atoms with Crippen molar-refractivity contribution in [1.29, 1.82) is 0 Å². The minimum atomic E-state index is -4.55. The number of alkyl halides is 3. The molecule has 0 saturated heterocycles. The first-order chi connectivity index (χ1) is 12.1. The Morgan fingerprint density at radius 1 is 1.15 bits per heavy atom. The first-order valence-electron chi connectivity index (χ1n) is 7.51. The van der Waals surface area contributed by atoms with Gasteiger partial charge in [-0.2, -0.15) is 23.3 Å². The molecule has 0 aliphatic heterocycles. The number of aromatic nitrogens is 7. The topological polar surface area (TPSA) is 118 Å². The lowest BCUT2D eigenvalue weighted by molar-refractivity contribution is -0.141. The maximum absolute atomic E-state index is 12.6. The maximum Gasteiger partial charge on any atom is 0.435 e. The van der Waals surface area contributed by atoms with Gasteiger partial charge in [-0.3, -0.25) is 5.10 Å². The van der Waals surface area contributed by atoms with Gasteiger partial charge in [-0.05, 0) is 17.5 Å². The van der Waals surface area contributed by atoms with E-state index in [4.69, 9.17) is 4.52 Å². The SMILES string of the molecule is CC(C)(C)C(Nc1ccc(C(F)(F)F)nn1)c1nc(-c2ncn[nH]2)no1. The second kappa shape index (κ2) is 6.35. The summed E-state index contributed by atoms with van der Waals surface area (Å²) in [4.78, 5) is 8.21. The molecule has 0 aliphatic rings. The molecule has 26 heavy (non-hydrogen) atoms. The first kappa shape index (κ1) is 17.8. The van der Waals surface area contributed by atoms with E-state index in [0.717, 1.165) is 6.07 Å². The minimum absolute atomic E-state index is 0.150. The summed E-state index contributed by atoms with van der Waals surface area (Å²) in [5, 5.41) is 19.9. The Labute approximate surface area is 145 Å². The standard InChI is InChI=1S/C14H15F3N8O/c1-13(2,3)9(12-21-11(25-26-12)10-18-6-19-24-10)20-8-5-4-7(22-23-8)14(15,16)17/h4-6,9H,1-3H3,(H,20,23)(H,18,19,24). The number of hydrogen-bond acceptors (Lipinski definition) is 8. The zero-order chi connectivity index (χ0) is 18.9. The van der Waals surface area contributed by atoms with Crippen LogP contribution < -0.4 is 5.32 Å². The monoisotopic (exact) mass is 368 g/mol. The third kappa shape index (κ3) is 3.78. The zero-order valence-electron chi connectivity index (χ0n) is 14.0. The van der Waals surface area contributed by atoms with Crippen LogP contribution >= 0.6 is 0 Å². The molecule has 0 saturated carbocycles. The van der Waals surface area contributed by atoms with Gasteiger partial charge >= 0.3 is 6.18 Å². The van der Waals surface area contributed by atoms with Crippen LogP contribution in [-0.2, 0) is 6.18 Å². The highest BCUT2D eigenvalue weighted by molar-refractivity contribution is 5.41. The van der Waals surface area contributed by atoms with Crippen LogP contribution in [0, 0.1) is 5.41 Å². The molecule has 0 fully saturated rings. The number of aromatic amines is 1. The van der Waals surface area contributed by atoms with Gasteiger partial charge in [0.1, 0.15) is 18.2 Å². The quantitative estimate of drug-likeness (QED) is 0.722. The largest absolute Gasteiger partial charge is 0.435 e. The molecular weight excluding hydrogens is 353 g/mol. The second-order valence-corrected chi connectivity index (χ2v) is 6.54. The fourth-order valence-electron chi connectivity index (χ4n) is 2.12. The molecule has 3 aromatic rings. The zero-order valence-corrected chi connectivity index (χ0v) is 14.0. The van der Waals surface area contributed by atoms with E-state index in [0.29, 0.717) is 5.82 Å². The Hall–Kier alpha value is -3.05. The summed E-state index contributed by atoms with van der Waals surface area (Å²) in [6.07, 6.45) is -3.24. The summed E-state index contributed by atoms with van der Waals surface area (Å²) in [5.41, 5.74) is -1.49. The third-order valence-corrected chi connectivity index (χ3v) is 3.43. The number of hydrogen-bond donors (Lipinski definition) is 2. The molecule has 12 heteroatoms. The Balaban J connectivity index is 1.86. The maximum atomic E-state index is 12.6. The molecule has 0 amide bonds. The molecule has 3 heterocycles. The normalized spacial score (nSPS) is 13.6. The van der Waals surface area contributed by atoms with Crippen molar-refractivity contribution in [3.05, 3.63) is 30.0 Å². The summed E-state index contributed by atoms with van der Waals surface area (Å²) in [6.45, 7) is 5.71. The second-order valence-electron chi connectivity index (χ2n) is 6.54. The van der Waals surface area contributed by atoms with Crippen LogP contribution in [0.15, 0.2) is 23.0 Å². The van der Waals surface area contributed by atoms with Gasteiger partial charge in [0.15, 0.2) is 11.5 Å². The van der Waals surface area contributed by atoms with E-state index in [1.54, 1.807) is 0 Å². The molecule has 0 aromatic carbocycles. The van der Waals surface area contributed by atoms with E-state index >= 15 is 0 Å². The lowest BCUT2D eigenvalue weighted by Gasteiger charge is -2.28. The molecule has 0 radical (unpaired) electrons. The summed E-state index contributed by atoms with van der Waals surface area (Å²) >= 11 is 0. The van der Waals surface area contributed by atoms with E-state index < -0.39 is 23.3 Å². The number of nitrogens with zero attached hydrogens (tertiary/aromatic N) is 6. The predicted molar refractivity (Wildman–Crippen MR) is 82.5 cm³/mol. The van der Waals surface area contributed by atoms with Gasteiger partial charge in [-0.15, -0.1) is 10.2 Å². The van der Waals surface area contributed by atoms with Gasteiger partial charge in [-0.1, -0.05) is 25.9 Å². The lowest BCUT2D eigenvalue weighted by Crippen LogP contribution is -2.27. The highest BCUT2D eigenvalue weighted by atomic mass is 19.4. The third-order valence-electron chi connectivity index (χ3n) is 3.43. The van der Waals surface area contributed by atoms with Gasteiger partial charge in [0.25, 0.3) is 0 Å². The van der Waals surface area contributed by atoms with Gasteiger partial charge in [0.05, 0.1) is 0 Å². The van der Waals surface area contributed by atoms with Gasteiger partial charge in [-0.25, -0.2) is 4.98 Å². The van der Waals surface area contributed by atoms with Crippen molar-refractivity contribution in [1.82, 2.24) is 35.5 Å². The molecule has 0 bridgehead atoms. The average molecular weight is 368 g/mol. The van der Waals surface area contributed by atoms with Crippen molar-refractivity contribution >= 4 is 5.82 Å². The molecule has 3 rings (SSSR count). The van der Waals surface area contributed by atoms with Crippen LogP contribution in [0.4, 0.5) is 19.0 Å². The fraction of sp³-hybridized carbons (Fsp3) is 0.429. The Morgan fingerprint density at radius 3 is 2.46 bits per heavy atom.